The number of hydrogen-bond acceptors (Lipinski definition) is 3. The van der Waals surface area contributed by atoms with Gasteiger partial charge in [-0.1, -0.05) is 29.8 Å². The average molecular weight is 486 g/mol. The second-order valence-corrected chi connectivity index (χ2v) is 8.96. The lowest BCUT2D eigenvalue weighted by Gasteiger charge is -2.14. The normalized spacial score (nSPS) is 13.8. The van der Waals surface area contributed by atoms with E-state index in [1.165, 1.54) is 4.68 Å². The van der Waals surface area contributed by atoms with Gasteiger partial charge in [-0.2, -0.15) is 4.57 Å². The van der Waals surface area contributed by atoms with Crippen LogP contribution in [0.15, 0.2) is 77.9 Å². The third kappa shape index (κ3) is 3.80. The van der Waals surface area contributed by atoms with E-state index >= 15 is 0 Å². The van der Waals surface area contributed by atoms with Gasteiger partial charge in [-0.05, 0) is 62.2 Å². The monoisotopic (exact) mass is 485 g/mol. The average Bonchev–Trinajstić information content (AvgIpc) is 3.25. The van der Waals surface area contributed by atoms with Gasteiger partial charge in [0, 0.05) is 22.8 Å². The molecule has 0 bridgehead atoms. The van der Waals surface area contributed by atoms with Crippen molar-refractivity contribution in [2.45, 2.75) is 20.8 Å². The third-order valence-electron chi connectivity index (χ3n) is 5.96. The number of aryl methyl sites for hydroxylation is 3. The molecular weight excluding hydrogens is 464 g/mol. The summed E-state index contributed by atoms with van der Waals surface area (Å²) in [5.41, 5.74) is 3.19. The van der Waals surface area contributed by atoms with Crippen molar-refractivity contribution in [1.29, 1.82) is 0 Å². The molecule has 0 fully saturated rings. The highest BCUT2D eigenvalue weighted by molar-refractivity contribution is 6.53. The van der Waals surface area contributed by atoms with Gasteiger partial charge in [0.15, 0.2) is 12.4 Å². The van der Waals surface area contributed by atoms with E-state index in [2.05, 4.69) is 5.10 Å². The molecule has 2 aromatic carbocycles. The van der Waals surface area contributed by atoms with Crippen LogP contribution >= 0.6 is 11.6 Å². The zero-order chi connectivity index (χ0) is 24.9. The lowest BCUT2D eigenvalue weighted by Crippen LogP contribution is -2.39. The first-order valence-corrected chi connectivity index (χ1v) is 11.4. The van der Waals surface area contributed by atoms with Crippen LogP contribution in [0.3, 0.4) is 0 Å². The van der Waals surface area contributed by atoms with Crippen molar-refractivity contribution in [1.82, 2.24) is 9.78 Å². The number of H-pyrrole nitrogens is 1. The molecule has 0 saturated carbocycles. The summed E-state index contributed by atoms with van der Waals surface area (Å²) < 4.78 is 2.92. The molecule has 2 amide bonds. The van der Waals surface area contributed by atoms with Crippen LogP contribution in [0.2, 0.25) is 5.02 Å². The molecule has 3 heterocycles. The molecule has 0 radical (unpaired) electrons. The Balaban J connectivity index is 1.76. The number of nitrogens with one attached hydrogen (secondary N) is 1. The van der Waals surface area contributed by atoms with Crippen LogP contribution in [0.5, 0.6) is 0 Å². The Kier molecular flexibility index (Phi) is 5.49. The van der Waals surface area contributed by atoms with Gasteiger partial charge >= 0.3 is 5.91 Å². The number of amides is 2. The second kappa shape index (κ2) is 8.52. The second-order valence-electron chi connectivity index (χ2n) is 8.52. The molecule has 5 rings (SSSR count). The zero-order valence-corrected chi connectivity index (χ0v) is 20.1. The number of halogens is 1. The van der Waals surface area contributed by atoms with Crippen molar-refractivity contribution in [3.63, 3.8) is 0 Å². The Hall–Kier alpha value is -4.23. The van der Waals surface area contributed by atoms with Crippen LogP contribution in [0, 0.1) is 20.8 Å². The van der Waals surface area contributed by atoms with Gasteiger partial charge in [0.05, 0.1) is 16.9 Å². The Morgan fingerprint density at radius 3 is 2.17 bits per heavy atom. The topological polar surface area (TPSA) is 79.1 Å². The Morgan fingerprint density at radius 2 is 1.49 bits per heavy atom. The molecule has 8 heteroatoms. The van der Waals surface area contributed by atoms with Gasteiger partial charge in [0.1, 0.15) is 5.57 Å². The number of imide groups is 1. The van der Waals surface area contributed by atoms with Crippen LogP contribution in [-0.4, -0.2) is 21.6 Å². The van der Waals surface area contributed by atoms with Gasteiger partial charge in [0.25, 0.3) is 17.2 Å². The van der Waals surface area contributed by atoms with Crippen molar-refractivity contribution in [3.8, 4) is 5.69 Å². The molecule has 0 aliphatic carbocycles. The summed E-state index contributed by atoms with van der Waals surface area (Å²) in [5, 5.41) is 3.50. The Bertz CT molecular complexity index is 1600. The fourth-order valence-electron chi connectivity index (χ4n) is 4.27. The van der Waals surface area contributed by atoms with Gasteiger partial charge in [-0.15, -0.1) is 0 Å². The number of nitrogens with zero attached hydrogens (tertiary/aromatic N) is 3. The summed E-state index contributed by atoms with van der Waals surface area (Å²) in [6, 6.07) is 17.6. The van der Waals surface area contributed by atoms with Gasteiger partial charge in [-0.3, -0.25) is 19.5 Å². The summed E-state index contributed by atoms with van der Waals surface area (Å²) in [7, 11) is 0. The lowest BCUT2D eigenvalue weighted by molar-refractivity contribution is -0.576. The van der Waals surface area contributed by atoms with Crippen molar-refractivity contribution in [2.75, 3.05) is 4.90 Å². The van der Waals surface area contributed by atoms with E-state index < -0.39 is 17.4 Å². The summed E-state index contributed by atoms with van der Waals surface area (Å²) >= 11 is 6.13. The number of benzene rings is 2. The van der Waals surface area contributed by atoms with Crippen LogP contribution in [0.25, 0.3) is 17.0 Å². The molecule has 0 atom stereocenters. The fraction of sp³-hybridized carbons (Fsp3) is 0.111. The van der Waals surface area contributed by atoms with Crippen LogP contribution in [0.1, 0.15) is 22.4 Å². The highest BCUT2D eigenvalue weighted by Gasteiger charge is 2.48. The van der Waals surface area contributed by atoms with E-state index in [4.69, 9.17) is 11.6 Å². The zero-order valence-electron chi connectivity index (χ0n) is 19.4. The summed E-state index contributed by atoms with van der Waals surface area (Å²) in [6.45, 7) is 5.52. The third-order valence-corrected chi connectivity index (χ3v) is 6.20. The minimum Gasteiger partial charge on any atom is -0.295 e. The molecule has 35 heavy (non-hydrogen) atoms. The largest absolute Gasteiger partial charge is 0.331 e. The molecule has 0 spiro atoms. The smallest absolute Gasteiger partial charge is 0.295 e. The molecule has 7 nitrogen and oxygen atoms in total. The van der Waals surface area contributed by atoms with E-state index in [9.17, 15) is 14.4 Å². The maximum Gasteiger partial charge on any atom is 0.331 e. The SMILES string of the molecule is Cc1cc[n+](C2=C(c3c(C)[nH]n(-c4cccc(Cl)c4)c3=O)C(=O)N(c3cccc(C)c3)C2=O)cc1. The van der Waals surface area contributed by atoms with Crippen LogP contribution < -0.4 is 15.0 Å². The number of hydrogen-bond donors (Lipinski definition) is 1. The van der Waals surface area contributed by atoms with E-state index in [0.717, 1.165) is 16.0 Å². The highest BCUT2D eigenvalue weighted by atomic mass is 35.5. The fourth-order valence-corrected chi connectivity index (χ4v) is 4.46. The quantitative estimate of drug-likeness (QED) is 0.351. The number of aromatic amines is 1. The molecular formula is C27H22ClN4O3+. The van der Waals surface area contributed by atoms with Crippen LogP contribution in [-0.2, 0) is 9.59 Å². The summed E-state index contributed by atoms with van der Waals surface area (Å²) in [5.74, 6) is -1.06. The number of rotatable bonds is 4. The first-order chi connectivity index (χ1) is 16.8. The first-order valence-electron chi connectivity index (χ1n) is 11.0. The van der Waals surface area contributed by atoms with Crippen molar-refractivity contribution in [2.24, 2.45) is 0 Å². The molecule has 0 unspecified atom stereocenters. The van der Waals surface area contributed by atoms with Crippen molar-refractivity contribution >= 4 is 40.4 Å². The van der Waals surface area contributed by atoms with Crippen LogP contribution in [0.4, 0.5) is 5.69 Å². The standard InChI is InChI=1S/C27H21ClN4O3/c1-16-10-12-30(13-11-16)24-23(25(33)31(27(24)35)20-8-4-6-17(2)14-20)22-18(3)29-32(26(22)34)21-9-5-7-19(28)15-21/h4-15H,1-3H3/p+1. The molecule has 1 aliphatic rings. The van der Waals surface area contributed by atoms with E-state index in [0.29, 0.717) is 22.1 Å². The number of aromatic nitrogens is 3. The number of carbonyl (C=O) groups is 2. The first kappa shape index (κ1) is 22.6. The van der Waals surface area contributed by atoms with Gasteiger partial charge in [-0.25, -0.2) is 9.58 Å². The van der Waals surface area contributed by atoms with Gasteiger partial charge in [0.2, 0.25) is 0 Å². The Labute approximate surface area is 206 Å². The molecule has 1 aliphatic heterocycles. The summed E-state index contributed by atoms with van der Waals surface area (Å²) in [6.07, 6.45) is 3.43. The minimum atomic E-state index is -0.555. The van der Waals surface area contributed by atoms with E-state index in [1.54, 1.807) is 66.3 Å². The predicted octanol–water partition coefficient (Wildman–Crippen LogP) is 3.97. The maximum absolute atomic E-state index is 13.8. The van der Waals surface area contributed by atoms with E-state index in [1.807, 2.05) is 32.0 Å². The molecule has 2 aromatic heterocycles. The molecule has 0 saturated heterocycles. The van der Waals surface area contributed by atoms with Crippen molar-refractivity contribution < 1.29 is 14.2 Å². The Morgan fingerprint density at radius 1 is 0.800 bits per heavy atom. The predicted molar refractivity (Wildman–Crippen MR) is 134 cm³/mol. The highest BCUT2D eigenvalue weighted by Crippen LogP contribution is 2.33. The number of pyridine rings is 1. The van der Waals surface area contributed by atoms with Gasteiger partial charge < -0.3 is 0 Å². The molecule has 174 valence electrons. The number of carbonyl (C=O) groups excluding carboxylic acids is 2. The maximum atomic E-state index is 13.8. The molecule has 4 aromatic rings. The lowest BCUT2D eigenvalue weighted by atomic mass is 10.1. The van der Waals surface area contributed by atoms with Crippen molar-refractivity contribution in [3.05, 3.63) is 111 Å². The molecule has 1 N–H and O–H groups in total. The minimum absolute atomic E-state index is 0.0462. The van der Waals surface area contributed by atoms with E-state index in [-0.39, 0.29) is 16.8 Å². The summed E-state index contributed by atoms with van der Waals surface area (Å²) in [4.78, 5) is 42.3. The number of anilines is 1.